The van der Waals surface area contributed by atoms with E-state index in [0.717, 1.165) is 48.4 Å². The topological polar surface area (TPSA) is 65.9 Å². The van der Waals surface area contributed by atoms with Gasteiger partial charge in [0.2, 0.25) is 0 Å². The molecule has 1 aromatic carbocycles. The molecule has 1 fully saturated rings. The van der Waals surface area contributed by atoms with Crippen LogP contribution in [0.3, 0.4) is 0 Å². The summed E-state index contributed by atoms with van der Waals surface area (Å²) in [5.41, 5.74) is 0. The van der Waals surface area contributed by atoms with E-state index in [4.69, 9.17) is 4.74 Å². The van der Waals surface area contributed by atoms with Gasteiger partial charge >= 0.3 is 0 Å². The van der Waals surface area contributed by atoms with Crippen LogP contribution < -0.4 is 15.4 Å². The molecule has 0 radical (unpaired) electrons. The van der Waals surface area contributed by atoms with Gasteiger partial charge in [-0.15, -0.1) is 0 Å². The number of aliphatic hydroxyl groups is 1. The maximum Gasteiger partial charge on any atom is 0.191 e. The van der Waals surface area contributed by atoms with Gasteiger partial charge in [-0.25, -0.2) is 4.99 Å². The van der Waals surface area contributed by atoms with Crippen LogP contribution in [0, 0.1) is 0 Å². The Balaban J connectivity index is 1.75. The van der Waals surface area contributed by atoms with Crippen molar-refractivity contribution in [2.75, 3.05) is 19.7 Å². The predicted octanol–water partition coefficient (Wildman–Crippen LogP) is 2.69. The van der Waals surface area contributed by atoms with Gasteiger partial charge in [0.25, 0.3) is 0 Å². The zero-order chi connectivity index (χ0) is 16.5. The van der Waals surface area contributed by atoms with Gasteiger partial charge in [0, 0.05) is 17.1 Å². The van der Waals surface area contributed by atoms with Crippen molar-refractivity contribution in [3.8, 4) is 5.75 Å². The van der Waals surface area contributed by atoms with E-state index in [1.54, 1.807) is 0 Å². The van der Waals surface area contributed by atoms with Gasteiger partial charge in [-0.1, -0.05) is 15.9 Å². The lowest BCUT2D eigenvalue weighted by molar-refractivity contribution is 0.120. The van der Waals surface area contributed by atoms with Crippen LogP contribution in [0.5, 0.6) is 5.75 Å². The minimum Gasteiger partial charge on any atom is -0.492 e. The average Bonchev–Trinajstić information content (AvgIpc) is 2.55. The molecule has 128 valence electrons. The molecule has 1 aliphatic rings. The fourth-order valence-corrected chi connectivity index (χ4v) is 2.85. The SMILES string of the molecule is CCNC(=NCCOc1ccc(Br)cc1)NC1CCC(O)CC1. The van der Waals surface area contributed by atoms with Crippen LogP contribution in [0.1, 0.15) is 32.6 Å². The zero-order valence-electron chi connectivity index (χ0n) is 13.6. The zero-order valence-corrected chi connectivity index (χ0v) is 15.2. The molecule has 0 aromatic heterocycles. The largest absolute Gasteiger partial charge is 0.492 e. The number of benzene rings is 1. The Bertz CT molecular complexity index is 485. The van der Waals surface area contributed by atoms with Gasteiger partial charge in [-0.05, 0) is 56.9 Å². The highest BCUT2D eigenvalue weighted by Crippen LogP contribution is 2.18. The Labute approximate surface area is 146 Å². The van der Waals surface area contributed by atoms with Gasteiger partial charge in [-0.3, -0.25) is 0 Å². The maximum absolute atomic E-state index is 9.57. The van der Waals surface area contributed by atoms with Crippen molar-refractivity contribution in [2.24, 2.45) is 4.99 Å². The third-order valence-electron chi connectivity index (χ3n) is 3.83. The first kappa shape index (κ1) is 18.1. The molecule has 0 bridgehead atoms. The highest BCUT2D eigenvalue weighted by Gasteiger charge is 2.19. The molecule has 2 rings (SSSR count). The molecule has 0 spiro atoms. The lowest BCUT2D eigenvalue weighted by Gasteiger charge is -2.27. The lowest BCUT2D eigenvalue weighted by atomic mass is 9.93. The van der Waals surface area contributed by atoms with E-state index in [1.165, 1.54) is 0 Å². The number of aliphatic imine (C=N–C) groups is 1. The summed E-state index contributed by atoms with van der Waals surface area (Å²) >= 11 is 3.40. The number of nitrogens with zero attached hydrogens (tertiary/aromatic N) is 1. The first-order valence-corrected chi connectivity index (χ1v) is 9.08. The predicted molar refractivity (Wildman–Crippen MR) is 97.0 cm³/mol. The minimum atomic E-state index is -0.133. The number of guanidine groups is 1. The summed E-state index contributed by atoms with van der Waals surface area (Å²) in [6.45, 7) is 4.03. The van der Waals surface area contributed by atoms with Gasteiger partial charge in [0.15, 0.2) is 5.96 Å². The lowest BCUT2D eigenvalue weighted by Crippen LogP contribution is -2.45. The van der Waals surface area contributed by atoms with Crippen LogP contribution in [0.2, 0.25) is 0 Å². The molecule has 1 aliphatic carbocycles. The number of rotatable bonds is 6. The molecule has 0 amide bonds. The first-order valence-electron chi connectivity index (χ1n) is 8.28. The highest BCUT2D eigenvalue weighted by molar-refractivity contribution is 9.10. The molecule has 0 atom stereocenters. The number of hydrogen-bond acceptors (Lipinski definition) is 3. The van der Waals surface area contributed by atoms with Crippen LogP contribution in [-0.4, -0.2) is 42.9 Å². The Morgan fingerprint density at radius 2 is 1.96 bits per heavy atom. The second-order valence-corrected chi connectivity index (χ2v) is 6.63. The molecule has 1 aromatic rings. The number of halogens is 1. The Morgan fingerprint density at radius 3 is 2.61 bits per heavy atom. The van der Waals surface area contributed by atoms with Crippen molar-refractivity contribution in [3.63, 3.8) is 0 Å². The molecular formula is C17H26BrN3O2. The molecule has 5 nitrogen and oxygen atoms in total. The average molecular weight is 384 g/mol. The fraction of sp³-hybridized carbons (Fsp3) is 0.588. The normalized spacial score (nSPS) is 21.8. The van der Waals surface area contributed by atoms with E-state index in [1.807, 2.05) is 24.3 Å². The fourth-order valence-electron chi connectivity index (χ4n) is 2.59. The summed E-state index contributed by atoms with van der Waals surface area (Å²) in [6.07, 6.45) is 3.57. The van der Waals surface area contributed by atoms with Gasteiger partial charge in [-0.2, -0.15) is 0 Å². The second kappa shape index (κ2) is 9.78. The molecule has 0 unspecified atom stereocenters. The van der Waals surface area contributed by atoms with Crippen molar-refractivity contribution in [1.29, 1.82) is 0 Å². The van der Waals surface area contributed by atoms with Crippen LogP contribution in [0.25, 0.3) is 0 Å². The molecule has 23 heavy (non-hydrogen) atoms. The standard InChI is InChI=1S/C17H26BrN3O2/c1-2-19-17(21-14-5-7-15(22)8-6-14)20-11-12-23-16-9-3-13(18)4-10-16/h3-4,9-10,14-15,22H,2,5-8,11-12H2,1H3,(H2,19,20,21). The number of aliphatic hydroxyl groups excluding tert-OH is 1. The minimum absolute atomic E-state index is 0.133. The summed E-state index contributed by atoms with van der Waals surface area (Å²) in [5, 5.41) is 16.3. The summed E-state index contributed by atoms with van der Waals surface area (Å²) in [7, 11) is 0. The third-order valence-corrected chi connectivity index (χ3v) is 4.35. The van der Waals surface area contributed by atoms with Crippen molar-refractivity contribution in [1.82, 2.24) is 10.6 Å². The van der Waals surface area contributed by atoms with Gasteiger partial charge in [0.05, 0.1) is 12.6 Å². The number of hydrogen-bond donors (Lipinski definition) is 3. The van der Waals surface area contributed by atoms with Crippen LogP contribution in [-0.2, 0) is 0 Å². The van der Waals surface area contributed by atoms with Gasteiger partial charge in [0.1, 0.15) is 12.4 Å². The number of ether oxygens (including phenoxy) is 1. The highest BCUT2D eigenvalue weighted by atomic mass is 79.9. The number of nitrogens with one attached hydrogen (secondary N) is 2. The Morgan fingerprint density at radius 1 is 1.26 bits per heavy atom. The van der Waals surface area contributed by atoms with E-state index in [9.17, 15) is 5.11 Å². The van der Waals surface area contributed by atoms with E-state index in [-0.39, 0.29) is 6.10 Å². The van der Waals surface area contributed by atoms with Crippen molar-refractivity contribution in [2.45, 2.75) is 44.8 Å². The quantitative estimate of drug-likeness (QED) is 0.401. The van der Waals surface area contributed by atoms with Crippen LogP contribution in [0.15, 0.2) is 33.7 Å². The van der Waals surface area contributed by atoms with Crippen molar-refractivity contribution < 1.29 is 9.84 Å². The van der Waals surface area contributed by atoms with Crippen LogP contribution >= 0.6 is 15.9 Å². The summed E-state index contributed by atoms with van der Waals surface area (Å²) in [4.78, 5) is 4.56. The molecule has 0 saturated heterocycles. The molecule has 3 N–H and O–H groups in total. The molecule has 6 heteroatoms. The Kier molecular flexibility index (Phi) is 7.68. The van der Waals surface area contributed by atoms with E-state index >= 15 is 0 Å². The molecule has 0 aliphatic heterocycles. The maximum atomic E-state index is 9.57. The van der Waals surface area contributed by atoms with Crippen molar-refractivity contribution in [3.05, 3.63) is 28.7 Å². The summed E-state index contributed by atoms with van der Waals surface area (Å²) in [6, 6.07) is 8.18. The second-order valence-electron chi connectivity index (χ2n) is 5.71. The van der Waals surface area contributed by atoms with E-state index < -0.39 is 0 Å². The summed E-state index contributed by atoms with van der Waals surface area (Å²) in [5.74, 6) is 1.68. The van der Waals surface area contributed by atoms with Crippen molar-refractivity contribution >= 4 is 21.9 Å². The smallest absolute Gasteiger partial charge is 0.191 e. The molecule has 0 heterocycles. The van der Waals surface area contributed by atoms with Gasteiger partial charge < -0.3 is 20.5 Å². The van der Waals surface area contributed by atoms with E-state index in [0.29, 0.717) is 19.2 Å². The molecule has 1 saturated carbocycles. The first-order chi connectivity index (χ1) is 11.2. The summed E-state index contributed by atoms with van der Waals surface area (Å²) < 4.78 is 6.72. The molecular weight excluding hydrogens is 358 g/mol. The monoisotopic (exact) mass is 383 g/mol. The van der Waals surface area contributed by atoms with E-state index in [2.05, 4.69) is 38.5 Å². The Hall–Kier alpha value is -1.27. The third kappa shape index (κ3) is 6.79. The van der Waals surface area contributed by atoms with Crippen LogP contribution in [0.4, 0.5) is 0 Å².